The number of hydrogen-bond acceptors (Lipinski definition) is 3. The van der Waals surface area contributed by atoms with Crippen LogP contribution in [0.3, 0.4) is 0 Å². The molecule has 2 unspecified atom stereocenters. The molecule has 128 valence electrons. The van der Waals surface area contributed by atoms with Gasteiger partial charge in [-0.3, -0.25) is 9.79 Å². The summed E-state index contributed by atoms with van der Waals surface area (Å²) >= 11 is 0. The molecule has 0 aromatic heterocycles. The number of likely N-dealkylation sites (tertiary alicyclic amines) is 1. The molecule has 22 heavy (non-hydrogen) atoms. The molecule has 1 heterocycles. The molecule has 0 aliphatic carbocycles. The molecule has 6 heteroatoms. The molecule has 6 nitrogen and oxygen atoms in total. The second-order valence-corrected chi connectivity index (χ2v) is 6.11. The normalized spacial score (nSPS) is 21.4. The smallest absolute Gasteiger partial charge is 0.221 e. The van der Waals surface area contributed by atoms with E-state index in [-0.39, 0.29) is 11.8 Å². The lowest BCUT2D eigenvalue weighted by Crippen LogP contribution is -2.42. The summed E-state index contributed by atoms with van der Waals surface area (Å²) in [5, 5.41) is 6.66. The quantitative estimate of drug-likeness (QED) is 0.354. The molecule has 1 aliphatic heterocycles. The van der Waals surface area contributed by atoms with Crippen molar-refractivity contribution in [2.24, 2.45) is 16.6 Å². The Hall–Kier alpha value is -1.30. The first kappa shape index (κ1) is 18.7. The van der Waals surface area contributed by atoms with E-state index < -0.39 is 0 Å². The van der Waals surface area contributed by atoms with Crippen LogP contribution in [0.4, 0.5) is 0 Å². The van der Waals surface area contributed by atoms with Crippen molar-refractivity contribution in [1.82, 2.24) is 15.5 Å². The van der Waals surface area contributed by atoms with Crippen LogP contribution in [0.5, 0.6) is 0 Å². The van der Waals surface area contributed by atoms with E-state index in [9.17, 15) is 4.79 Å². The first-order valence-corrected chi connectivity index (χ1v) is 8.63. The maximum atomic E-state index is 11.3. The van der Waals surface area contributed by atoms with Crippen LogP contribution in [-0.2, 0) is 4.79 Å². The highest BCUT2D eigenvalue weighted by Crippen LogP contribution is 2.15. The number of hydrogen-bond donors (Lipinski definition) is 3. The van der Waals surface area contributed by atoms with Gasteiger partial charge in [-0.15, -0.1) is 0 Å². The molecule has 0 aromatic carbocycles. The first-order chi connectivity index (χ1) is 10.6. The Morgan fingerprint density at radius 1 is 1.45 bits per heavy atom. The molecule has 0 saturated carbocycles. The Balaban J connectivity index is 2.31. The van der Waals surface area contributed by atoms with Gasteiger partial charge in [-0.2, -0.15) is 0 Å². The van der Waals surface area contributed by atoms with Crippen LogP contribution in [-0.4, -0.2) is 55.5 Å². The lowest BCUT2D eigenvalue weighted by Gasteiger charge is -2.30. The van der Waals surface area contributed by atoms with Gasteiger partial charge >= 0.3 is 0 Å². The fourth-order valence-corrected chi connectivity index (χ4v) is 2.63. The van der Waals surface area contributed by atoms with Gasteiger partial charge < -0.3 is 21.3 Å². The Morgan fingerprint density at radius 2 is 2.23 bits per heavy atom. The summed E-state index contributed by atoms with van der Waals surface area (Å²) in [5.74, 6) is 0.766. The molecule has 0 bridgehead atoms. The maximum Gasteiger partial charge on any atom is 0.221 e. The third-order valence-corrected chi connectivity index (χ3v) is 4.15. The van der Waals surface area contributed by atoms with Crippen molar-refractivity contribution in [3.8, 4) is 0 Å². The molecule has 1 aliphatic rings. The van der Waals surface area contributed by atoms with Crippen LogP contribution in [0, 0.1) is 5.92 Å². The van der Waals surface area contributed by atoms with E-state index in [1.807, 2.05) is 0 Å². The Labute approximate surface area is 134 Å². The zero-order chi connectivity index (χ0) is 16.4. The van der Waals surface area contributed by atoms with Gasteiger partial charge in [-0.1, -0.05) is 6.92 Å². The van der Waals surface area contributed by atoms with E-state index in [2.05, 4.69) is 41.3 Å². The molecule has 0 spiro atoms. The van der Waals surface area contributed by atoms with Gasteiger partial charge in [0.25, 0.3) is 0 Å². The van der Waals surface area contributed by atoms with Crippen molar-refractivity contribution >= 4 is 11.9 Å². The van der Waals surface area contributed by atoms with Gasteiger partial charge in [0.1, 0.15) is 0 Å². The fraction of sp³-hybridized carbons (Fsp3) is 0.875. The summed E-state index contributed by atoms with van der Waals surface area (Å²) < 4.78 is 0. The van der Waals surface area contributed by atoms with Gasteiger partial charge in [0.2, 0.25) is 5.91 Å². The van der Waals surface area contributed by atoms with Crippen LogP contribution < -0.4 is 16.4 Å². The summed E-state index contributed by atoms with van der Waals surface area (Å²) in [6.07, 6.45) is 4.08. The molecule has 0 radical (unpaired) electrons. The van der Waals surface area contributed by atoms with Crippen molar-refractivity contribution in [3.05, 3.63) is 0 Å². The van der Waals surface area contributed by atoms with E-state index >= 15 is 0 Å². The number of guanidine groups is 1. The van der Waals surface area contributed by atoms with Crippen LogP contribution in [0.1, 0.15) is 46.5 Å². The maximum absolute atomic E-state index is 11.3. The molecule has 1 amide bonds. The average Bonchev–Trinajstić information content (AvgIpc) is 2.51. The number of amides is 1. The van der Waals surface area contributed by atoms with Crippen molar-refractivity contribution < 1.29 is 4.79 Å². The summed E-state index contributed by atoms with van der Waals surface area (Å²) in [6, 6.07) is 0.427. The van der Waals surface area contributed by atoms with E-state index in [4.69, 9.17) is 5.73 Å². The highest BCUT2D eigenvalue weighted by molar-refractivity contribution is 5.80. The second-order valence-electron chi connectivity index (χ2n) is 6.11. The fourth-order valence-electron chi connectivity index (χ4n) is 2.63. The molecule has 1 fully saturated rings. The largest absolute Gasteiger partial charge is 0.369 e. The third kappa shape index (κ3) is 7.11. The van der Waals surface area contributed by atoms with Crippen LogP contribution in [0.2, 0.25) is 0 Å². The topological polar surface area (TPSA) is 82.8 Å². The molecule has 2 atom stereocenters. The number of nitrogens with zero attached hydrogens (tertiary/aromatic N) is 2. The number of rotatable bonds is 8. The van der Waals surface area contributed by atoms with Crippen molar-refractivity contribution in [1.29, 1.82) is 0 Å². The van der Waals surface area contributed by atoms with E-state index in [0.717, 1.165) is 64.4 Å². The van der Waals surface area contributed by atoms with Gasteiger partial charge in [-0.25, -0.2) is 0 Å². The number of aliphatic imine (C=N–C) groups is 1. The number of primary amides is 1. The van der Waals surface area contributed by atoms with E-state index in [1.165, 1.54) is 0 Å². The number of nitrogens with one attached hydrogen (secondary N) is 2. The molecular weight excluding hydrogens is 278 g/mol. The average molecular weight is 311 g/mol. The Bertz CT molecular complexity index is 358. The highest BCUT2D eigenvalue weighted by Gasteiger charge is 2.23. The molecule has 4 N–H and O–H groups in total. The molecule has 1 rings (SSSR count). The summed E-state index contributed by atoms with van der Waals surface area (Å²) in [6.45, 7) is 10.9. The minimum Gasteiger partial charge on any atom is -0.369 e. The van der Waals surface area contributed by atoms with Crippen molar-refractivity contribution in [2.45, 2.75) is 52.5 Å². The summed E-state index contributed by atoms with van der Waals surface area (Å²) in [4.78, 5) is 18.2. The summed E-state index contributed by atoms with van der Waals surface area (Å²) in [7, 11) is 0. The number of carbonyl (C=O) groups is 1. The molecule has 0 aromatic rings. The second kappa shape index (κ2) is 10.4. The van der Waals surface area contributed by atoms with Crippen molar-refractivity contribution in [2.75, 3.05) is 32.7 Å². The van der Waals surface area contributed by atoms with Crippen molar-refractivity contribution in [3.63, 3.8) is 0 Å². The van der Waals surface area contributed by atoms with Gasteiger partial charge in [-0.05, 0) is 52.6 Å². The molecule has 1 saturated heterocycles. The number of carbonyl (C=O) groups excluding carboxylic acids is 1. The van der Waals surface area contributed by atoms with Crippen LogP contribution in [0.25, 0.3) is 0 Å². The Morgan fingerprint density at radius 3 is 2.86 bits per heavy atom. The number of piperidine rings is 1. The predicted octanol–water partition coefficient (Wildman–Crippen LogP) is 0.927. The SMILES string of the molecule is CCNC(=NCCCN1CCCC(C(N)=O)C1)NC(C)CC. The highest BCUT2D eigenvalue weighted by atomic mass is 16.1. The number of nitrogens with two attached hydrogens (primary N) is 1. The zero-order valence-electron chi connectivity index (χ0n) is 14.4. The van der Waals surface area contributed by atoms with Crippen LogP contribution >= 0.6 is 0 Å². The van der Waals surface area contributed by atoms with E-state index in [1.54, 1.807) is 0 Å². The minimum atomic E-state index is -0.157. The van der Waals surface area contributed by atoms with Crippen LogP contribution in [0.15, 0.2) is 4.99 Å². The summed E-state index contributed by atoms with van der Waals surface area (Å²) in [5.41, 5.74) is 5.41. The Kier molecular flexibility index (Phi) is 8.89. The predicted molar refractivity (Wildman–Crippen MR) is 91.8 cm³/mol. The zero-order valence-corrected chi connectivity index (χ0v) is 14.4. The first-order valence-electron chi connectivity index (χ1n) is 8.63. The van der Waals surface area contributed by atoms with E-state index in [0.29, 0.717) is 6.04 Å². The lowest BCUT2D eigenvalue weighted by molar-refractivity contribution is -0.123. The molecular formula is C16H33N5O. The monoisotopic (exact) mass is 311 g/mol. The lowest BCUT2D eigenvalue weighted by atomic mass is 9.97. The van der Waals surface area contributed by atoms with Gasteiger partial charge in [0.15, 0.2) is 5.96 Å². The minimum absolute atomic E-state index is 0.0293. The standard InChI is InChI=1S/C16H33N5O/c1-4-13(3)20-16(18-5-2)19-9-7-11-21-10-6-8-14(12-21)15(17)22/h13-14H,4-12H2,1-3H3,(H2,17,22)(H2,18,19,20). The third-order valence-electron chi connectivity index (χ3n) is 4.15. The van der Waals surface area contributed by atoms with Gasteiger partial charge in [0, 0.05) is 25.7 Å². The van der Waals surface area contributed by atoms with Gasteiger partial charge in [0.05, 0.1) is 5.92 Å².